The molecule has 8 heteroatoms. The first kappa shape index (κ1) is 22.9. The summed E-state index contributed by atoms with van der Waals surface area (Å²) in [6.07, 6.45) is 5.06. The molecule has 0 radical (unpaired) electrons. The normalized spacial score (nSPS) is 11.3. The molecule has 34 heavy (non-hydrogen) atoms. The van der Waals surface area contributed by atoms with E-state index in [0.717, 1.165) is 27.5 Å². The molecule has 5 N–H and O–H groups in total. The average Bonchev–Trinajstić information content (AvgIpc) is 2.78. The van der Waals surface area contributed by atoms with E-state index < -0.39 is 17.4 Å². The molecular formula is C26H25N5O3. The Bertz CT molecular complexity index is 1410. The number of aryl methyl sites for hydroxylation is 1. The largest absolute Gasteiger partial charge is 0.398 e. The Morgan fingerprint density at radius 1 is 1.00 bits per heavy atom. The summed E-state index contributed by atoms with van der Waals surface area (Å²) in [5, 5.41) is 16.9. The molecule has 2 aromatic carbocycles. The van der Waals surface area contributed by atoms with Crippen molar-refractivity contribution in [3.05, 3.63) is 78.2 Å². The van der Waals surface area contributed by atoms with Gasteiger partial charge in [0.1, 0.15) is 5.82 Å². The third-order valence-electron chi connectivity index (χ3n) is 5.50. The molecule has 0 saturated carbocycles. The Hall–Kier alpha value is -4.30. The Balaban J connectivity index is 1.58. The van der Waals surface area contributed by atoms with Gasteiger partial charge in [-0.3, -0.25) is 14.6 Å². The summed E-state index contributed by atoms with van der Waals surface area (Å²) < 4.78 is 0. The van der Waals surface area contributed by atoms with Crippen molar-refractivity contribution in [1.82, 2.24) is 9.97 Å². The summed E-state index contributed by atoms with van der Waals surface area (Å²) in [5.74, 6) is -1.55. The molecule has 0 fully saturated rings. The highest BCUT2D eigenvalue weighted by Crippen LogP contribution is 2.31. The number of hydrogen-bond acceptors (Lipinski definition) is 6. The number of rotatable bonds is 4. The van der Waals surface area contributed by atoms with Gasteiger partial charge in [-0.2, -0.15) is 0 Å². The second-order valence-corrected chi connectivity index (χ2v) is 8.56. The number of benzene rings is 2. The van der Waals surface area contributed by atoms with Crippen LogP contribution in [-0.4, -0.2) is 26.9 Å². The second kappa shape index (κ2) is 8.92. The van der Waals surface area contributed by atoms with Crippen molar-refractivity contribution in [2.75, 3.05) is 16.4 Å². The van der Waals surface area contributed by atoms with Gasteiger partial charge in [0.15, 0.2) is 0 Å². The molecule has 0 unspecified atom stereocenters. The fourth-order valence-electron chi connectivity index (χ4n) is 3.75. The first-order valence-electron chi connectivity index (χ1n) is 10.7. The van der Waals surface area contributed by atoms with Crippen LogP contribution in [0.1, 0.15) is 25.0 Å². The zero-order chi connectivity index (χ0) is 24.5. The fourth-order valence-corrected chi connectivity index (χ4v) is 3.75. The summed E-state index contributed by atoms with van der Waals surface area (Å²) in [7, 11) is 0. The van der Waals surface area contributed by atoms with E-state index in [1.54, 1.807) is 62.8 Å². The SMILES string of the molecule is Cc1ccncc1-c1cc(N)c2cnc(NC(=O)C(=O)Nc3ccccc3C(C)(C)O)cc2c1. The molecule has 4 aromatic rings. The van der Waals surface area contributed by atoms with Crippen molar-refractivity contribution in [2.24, 2.45) is 0 Å². The molecule has 8 nitrogen and oxygen atoms in total. The number of nitrogens with two attached hydrogens (primary N) is 1. The Morgan fingerprint density at radius 3 is 2.47 bits per heavy atom. The maximum absolute atomic E-state index is 12.6. The molecule has 172 valence electrons. The fraction of sp³-hybridized carbons (Fsp3) is 0.154. The first-order chi connectivity index (χ1) is 16.1. The Morgan fingerprint density at radius 2 is 1.74 bits per heavy atom. The maximum atomic E-state index is 12.6. The van der Waals surface area contributed by atoms with Crippen molar-refractivity contribution >= 4 is 39.8 Å². The van der Waals surface area contributed by atoms with E-state index in [-0.39, 0.29) is 5.82 Å². The van der Waals surface area contributed by atoms with E-state index in [2.05, 4.69) is 20.6 Å². The predicted octanol–water partition coefficient (Wildman–Crippen LogP) is 3.99. The van der Waals surface area contributed by atoms with Gasteiger partial charge in [0.2, 0.25) is 0 Å². The standard InChI is InChI=1S/C26H25N5O3/c1-15-8-9-28-13-18(15)16-10-17-12-23(29-14-19(17)21(27)11-16)31-25(33)24(32)30-22-7-5-4-6-20(22)26(2,3)34/h4-14,34H,27H2,1-3H3,(H,30,32)(H,29,31,33). The van der Waals surface area contributed by atoms with Crippen LogP contribution in [-0.2, 0) is 15.2 Å². The molecule has 2 aromatic heterocycles. The molecule has 0 aliphatic heterocycles. The molecule has 0 spiro atoms. The van der Waals surface area contributed by atoms with E-state index in [4.69, 9.17) is 5.73 Å². The van der Waals surface area contributed by atoms with Crippen LogP contribution in [0.5, 0.6) is 0 Å². The van der Waals surface area contributed by atoms with Crippen molar-refractivity contribution in [2.45, 2.75) is 26.4 Å². The van der Waals surface area contributed by atoms with Gasteiger partial charge >= 0.3 is 11.8 Å². The smallest absolute Gasteiger partial charge is 0.315 e. The molecule has 0 bridgehead atoms. The lowest BCUT2D eigenvalue weighted by molar-refractivity contribution is -0.133. The monoisotopic (exact) mass is 455 g/mol. The third-order valence-corrected chi connectivity index (χ3v) is 5.50. The Labute approximate surface area is 196 Å². The number of anilines is 3. The number of fused-ring (bicyclic) bond motifs is 1. The molecule has 0 atom stereocenters. The highest BCUT2D eigenvalue weighted by molar-refractivity contribution is 6.43. The van der Waals surface area contributed by atoms with Crippen LogP contribution in [0, 0.1) is 6.92 Å². The number of amides is 2. The topological polar surface area (TPSA) is 130 Å². The summed E-state index contributed by atoms with van der Waals surface area (Å²) >= 11 is 0. The second-order valence-electron chi connectivity index (χ2n) is 8.56. The van der Waals surface area contributed by atoms with Gasteiger partial charge in [-0.05, 0) is 67.6 Å². The van der Waals surface area contributed by atoms with Gasteiger partial charge < -0.3 is 21.5 Å². The molecule has 0 aliphatic carbocycles. The summed E-state index contributed by atoms with van der Waals surface area (Å²) in [6, 6.07) is 14.1. The Kier molecular flexibility index (Phi) is 6.00. The number of nitrogens with one attached hydrogen (secondary N) is 2. The van der Waals surface area contributed by atoms with E-state index in [1.807, 2.05) is 25.1 Å². The van der Waals surface area contributed by atoms with Crippen molar-refractivity contribution in [1.29, 1.82) is 0 Å². The van der Waals surface area contributed by atoms with Crippen molar-refractivity contribution in [3.63, 3.8) is 0 Å². The van der Waals surface area contributed by atoms with Crippen LogP contribution in [0.4, 0.5) is 17.2 Å². The van der Waals surface area contributed by atoms with Gasteiger partial charge in [-0.1, -0.05) is 18.2 Å². The lowest BCUT2D eigenvalue weighted by Gasteiger charge is -2.21. The number of carbonyl (C=O) groups excluding carboxylic acids is 2. The number of nitrogens with zero attached hydrogens (tertiary/aromatic N) is 2. The van der Waals surface area contributed by atoms with E-state index in [1.165, 1.54) is 0 Å². The zero-order valence-corrected chi connectivity index (χ0v) is 19.1. The number of para-hydroxylation sites is 1. The molecular weight excluding hydrogens is 430 g/mol. The number of aliphatic hydroxyl groups is 1. The minimum atomic E-state index is -1.19. The average molecular weight is 456 g/mol. The van der Waals surface area contributed by atoms with Crippen LogP contribution in [0.15, 0.2) is 67.1 Å². The van der Waals surface area contributed by atoms with Gasteiger partial charge in [0.05, 0.1) is 5.60 Å². The number of aromatic nitrogens is 2. The van der Waals surface area contributed by atoms with Gasteiger partial charge in [-0.15, -0.1) is 0 Å². The summed E-state index contributed by atoms with van der Waals surface area (Å²) in [5.41, 5.74) is 9.34. The lowest BCUT2D eigenvalue weighted by atomic mass is 9.96. The number of carbonyl (C=O) groups is 2. The van der Waals surface area contributed by atoms with Crippen molar-refractivity contribution in [3.8, 4) is 11.1 Å². The molecule has 0 aliphatic rings. The molecule has 4 rings (SSSR count). The minimum absolute atomic E-state index is 0.211. The predicted molar refractivity (Wildman–Crippen MR) is 133 cm³/mol. The van der Waals surface area contributed by atoms with Crippen LogP contribution < -0.4 is 16.4 Å². The van der Waals surface area contributed by atoms with E-state index in [9.17, 15) is 14.7 Å². The van der Waals surface area contributed by atoms with Gasteiger partial charge in [0.25, 0.3) is 0 Å². The quantitative estimate of drug-likeness (QED) is 0.272. The van der Waals surface area contributed by atoms with E-state index >= 15 is 0 Å². The van der Waals surface area contributed by atoms with Crippen molar-refractivity contribution < 1.29 is 14.7 Å². The summed E-state index contributed by atoms with van der Waals surface area (Å²) in [6.45, 7) is 5.19. The number of pyridine rings is 2. The number of hydrogen-bond donors (Lipinski definition) is 4. The molecule has 2 heterocycles. The highest BCUT2D eigenvalue weighted by atomic mass is 16.3. The van der Waals surface area contributed by atoms with Crippen LogP contribution in [0.25, 0.3) is 21.9 Å². The maximum Gasteiger partial charge on any atom is 0.315 e. The zero-order valence-electron chi connectivity index (χ0n) is 19.1. The van der Waals surface area contributed by atoms with Gasteiger partial charge in [-0.25, -0.2) is 4.98 Å². The first-order valence-corrected chi connectivity index (χ1v) is 10.7. The van der Waals surface area contributed by atoms with Crippen LogP contribution >= 0.6 is 0 Å². The minimum Gasteiger partial charge on any atom is -0.398 e. The lowest BCUT2D eigenvalue weighted by Crippen LogP contribution is -2.30. The van der Waals surface area contributed by atoms with Crippen LogP contribution in [0.3, 0.4) is 0 Å². The molecule has 0 saturated heterocycles. The van der Waals surface area contributed by atoms with Crippen LogP contribution in [0.2, 0.25) is 0 Å². The van der Waals surface area contributed by atoms with Gasteiger partial charge in [0, 0.05) is 46.5 Å². The van der Waals surface area contributed by atoms with E-state index in [0.29, 0.717) is 16.9 Å². The number of nitrogen functional groups attached to an aromatic ring is 1. The third kappa shape index (κ3) is 4.72. The summed E-state index contributed by atoms with van der Waals surface area (Å²) in [4.78, 5) is 33.5. The highest BCUT2D eigenvalue weighted by Gasteiger charge is 2.23. The molecule has 2 amide bonds.